The molecule has 0 aromatic carbocycles. The number of carbonyl (C=O) groups excluding carboxylic acids is 1. The highest BCUT2D eigenvalue weighted by Gasteiger charge is 2.25. The van der Waals surface area contributed by atoms with E-state index >= 15 is 0 Å². The molecule has 0 bridgehead atoms. The van der Waals surface area contributed by atoms with E-state index in [-0.39, 0.29) is 11.9 Å². The minimum absolute atomic E-state index is 0.172. The first-order valence-electron chi connectivity index (χ1n) is 6.36. The molecule has 2 heterocycles. The lowest BCUT2D eigenvalue weighted by atomic mass is 9.89. The van der Waals surface area contributed by atoms with Gasteiger partial charge in [0.1, 0.15) is 0 Å². The summed E-state index contributed by atoms with van der Waals surface area (Å²) in [5, 5.41) is 7.66. The number of nitrogens with one attached hydrogen (secondary N) is 1. The van der Waals surface area contributed by atoms with E-state index in [4.69, 9.17) is 10.5 Å². The summed E-state index contributed by atoms with van der Waals surface area (Å²) in [5.74, 6) is 0.259. The molecule has 1 atom stereocenters. The summed E-state index contributed by atoms with van der Waals surface area (Å²) in [4.78, 5) is 11.2. The van der Waals surface area contributed by atoms with Crippen molar-refractivity contribution in [3.63, 3.8) is 0 Å². The van der Waals surface area contributed by atoms with E-state index in [2.05, 4.69) is 22.1 Å². The SMILES string of the molecule is NC(=O)CC(NCc1ccsc1)C1CCOCC1. The second-order valence-corrected chi connectivity index (χ2v) is 5.52. The van der Waals surface area contributed by atoms with Crippen LogP contribution >= 0.6 is 11.3 Å². The summed E-state index contributed by atoms with van der Waals surface area (Å²) in [6.45, 7) is 2.39. The fourth-order valence-corrected chi connectivity index (χ4v) is 3.05. The van der Waals surface area contributed by atoms with Gasteiger partial charge >= 0.3 is 0 Å². The summed E-state index contributed by atoms with van der Waals surface area (Å²) < 4.78 is 5.36. The Balaban J connectivity index is 1.89. The van der Waals surface area contributed by atoms with Gasteiger partial charge in [0.25, 0.3) is 0 Å². The van der Waals surface area contributed by atoms with Crippen LogP contribution in [0.3, 0.4) is 0 Å². The van der Waals surface area contributed by atoms with Crippen LogP contribution in [-0.4, -0.2) is 25.2 Å². The van der Waals surface area contributed by atoms with Crippen LogP contribution in [0.25, 0.3) is 0 Å². The smallest absolute Gasteiger partial charge is 0.218 e. The molecule has 1 aromatic heterocycles. The minimum atomic E-state index is -0.232. The van der Waals surface area contributed by atoms with Gasteiger partial charge in [0.2, 0.25) is 5.91 Å². The van der Waals surface area contributed by atoms with Crippen molar-refractivity contribution < 1.29 is 9.53 Å². The fourth-order valence-electron chi connectivity index (χ4n) is 2.38. The molecule has 4 nitrogen and oxygen atoms in total. The van der Waals surface area contributed by atoms with Crippen molar-refractivity contribution >= 4 is 17.2 Å². The number of ether oxygens (including phenoxy) is 1. The second kappa shape index (κ2) is 6.87. The van der Waals surface area contributed by atoms with Gasteiger partial charge in [-0.2, -0.15) is 11.3 Å². The molecular weight excluding hydrogens is 248 g/mol. The molecule has 3 N–H and O–H groups in total. The van der Waals surface area contributed by atoms with Gasteiger partial charge in [0.15, 0.2) is 0 Å². The third-order valence-electron chi connectivity index (χ3n) is 3.40. The Hall–Kier alpha value is -0.910. The van der Waals surface area contributed by atoms with Gasteiger partial charge < -0.3 is 15.8 Å². The number of primary amides is 1. The van der Waals surface area contributed by atoms with Gasteiger partial charge in [-0.05, 0) is 41.1 Å². The summed E-state index contributed by atoms with van der Waals surface area (Å²) >= 11 is 1.69. The quantitative estimate of drug-likeness (QED) is 0.822. The molecule has 1 fully saturated rings. The summed E-state index contributed by atoms with van der Waals surface area (Å²) in [7, 11) is 0. The molecule has 100 valence electrons. The predicted molar refractivity (Wildman–Crippen MR) is 72.3 cm³/mol. The summed E-state index contributed by atoms with van der Waals surface area (Å²) in [6, 6.07) is 2.27. The molecule has 0 spiro atoms. The first-order chi connectivity index (χ1) is 8.75. The van der Waals surface area contributed by atoms with E-state index in [1.54, 1.807) is 11.3 Å². The third-order valence-corrected chi connectivity index (χ3v) is 4.14. The Morgan fingerprint density at radius 3 is 2.94 bits per heavy atom. The van der Waals surface area contributed by atoms with Crippen molar-refractivity contribution in [2.45, 2.75) is 31.8 Å². The van der Waals surface area contributed by atoms with Crippen LogP contribution in [0.2, 0.25) is 0 Å². The van der Waals surface area contributed by atoms with Gasteiger partial charge in [-0.15, -0.1) is 0 Å². The zero-order valence-electron chi connectivity index (χ0n) is 10.4. The summed E-state index contributed by atoms with van der Waals surface area (Å²) in [6.07, 6.45) is 2.43. The summed E-state index contributed by atoms with van der Waals surface area (Å²) in [5.41, 5.74) is 6.61. The lowest BCUT2D eigenvalue weighted by molar-refractivity contribution is -0.119. The topological polar surface area (TPSA) is 64.4 Å². The number of amides is 1. The van der Waals surface area contributed by atoms with Crippen molar-refractivity contribution in [2.24, 2.45) is 11.7 Å². The lowest BCUT2D eigenvalue weighted by Gasteiger charge is -2.30. The maximum atomic E-state index is 11.2. The van der Waals surface area contributed by atoms with E-state index in [0.29, 0.717) is 12.3 Å². The van der Waals surface area contributed by atoms with Gasteiger partial charge in [-0.1, -0.05) is 0 Å². The van der Waals surface area contributed by atoms with Crippen LogP contribution in [0.4, 0.5) is 0 Å². The molecule has 1 amide bonds. The van der Waals surface area contributed by atoms with E-state index < -0.39 is 0 Å². The van der Waals surface area contributed by atoms with Crippen molar-refractivity contribution in [2.75, 3.05) is 13.2 Å². The standard InChI is InChI=1S/C13H20N2O2S/c14-13(16)7-12(11-1-4-17-5-2-11)15-8-10-3-6-18-9-10/h3,6,9,11-12,15H,1-2,4-5,7-8H2,(H2,14,16). The maximum absolute atomic E-state index is 11.2. The van der Waals surface area contributed by atoms with E-state index in [0.717, 1.165) is 32.6 Å². The van der Waals surface area contributed by atoms with Crippen molar-refractivity contribution in [1.82, 2.24) is 5.32 Å². The molecule has 18 heavy (non-hydrogen) atoms. The Morgan fingerprint density at radius 1 is 1.56 bits per heavy atom. The monoisotopic (exact) mass is 268 g/mol. The number of rotatable bonds is 6. The predicted octanol–water partition coefficient (Wildman–Crippen LogP) is 1.51. The minimum Gasteiger partial charge on any atom is -0.381 e. The fraction of sp³-hybridized carbons (Fsp3) is 0.615. The molecule has 1 saturated heterocycles. The average Bonchev–Trinajstić information content (AvgIpc) is 2.88. The van der Waals surface area contributed by atoms with Crippen LogP contribution in [0.5, 0.6) is 0 Å². The number of thiophene rings is 1. The van der Waals surface area contributed by atoms with Gasteiger partial charge in [0.05, 0.1) is 0 Å². The Kier molecular flexibility index (Phi) is 5.16. The molecule has 1 aromatic rings. The highest BCUT2D eigenvalue weighted by atomic mass is 32.1. The molecule has 5 heteroatoms. The molecule has 0 saturated carbocycles. The largest absolute Gasteiger partial charge is 0.381 e. The van der Waals surface area contributed by atoms with Gasteiger partial charge in [-0.3, -0.25) is 4.79 Å². The highest BCUT2D eigenvalue weighted by Crippen LogP contribution is 2.21. The molecule has 0 radical (unpaired) electrons. The average molecular weight is 268 g/mol. The van der Waals surface area contributed by atoms with Crippen LogP contribution in [0.1, 0.15) is 24.8 Å². The zero-order valence-corrected chi connectivity index (χ0v) is 11.2. The zero-order chi connectivity index (χ0) is 12.8. The van der Waals surface area contributed by atoms with Gasteiger partial charge in [-0.25, -0.2) is 0 Å². The number of nitrogens with two attached hydrogens (primary N) is 1. The number of hydrogen-bond donors (Lipinski definition) is 2. The Bertz CT molecular complexity index is 361. The first kappa shape index (κ1) is 13.5. The molecule has 2 rings (SSSR count). The van der Waals surface area contributed by atoms with Crippen LogP contribution in [0.15, 0.2) is 16.8 Å². The maximum Gasteiger partial charge on any atom is 0.218 e. The van der Waals surface area contributed by atoms with Crippen LogP contribution in [0, 0.1) is 5.92 Å². The lowest BCUT2D eigenvalue weighted by Crippen LogP contribution is -2.41. The molecule has 1 aliphatic heterocycles. The highest BCUT2D eigenvalue weighted by molar-refractivity contribution is 7.07. The molecule has 1 unspecified atom stereocenters. The van der Waals surface area contributed by atoms with E-state index in [1.807, 2.05) is 0 Å². The van der Waals surface area contributed by atoms with E-state index in [1.165, 1.54) is 5.56 Å². The second-order valence-electron chi connectivity index (χ2n) is 4.74. The molecular formula is C13H20N2O2S. The van der Waals surface area contributed by atoms with Crippen LogP contribution < -0.4 is 11.1 Å². The van der Waals surface area contributed by atoms with Crippen molar-refractivity contribution in [1.29, 1.82) is 0 Å². The van der Waals surface area contributed by atoms with Crippen molar-refractivity contribution in [3.05, 3.63) is 22.4 Å². The van der Waals surface area contributed by atoms with E-state index in [9.17, 15) is 4.79 Å². The number of hydrogen-bond acceptors (Lipinski definition) is 4. The molecule has 0 aliphatic carbocycles. The normalized spacial score (nSPS) is 18.7. The Morgan fingerprint density at radius 2 is 2.33 bits per heavy atom. The Labute approximate surface area is 112 Å². The van der Waals surface area contributed by atoms with Gasteiger partial charge in [0, 0.05) is 32.2 Å². The van der Waals surface area contributed by atoms with Crippen molar-refractivity contribution in [3.8, 4) is 0 Å². The molecule has 1 aliphatic rings. The number of carbonyl (C=O) groups is 1. The van der Waals surface area contributed by atoms with Crippen LogP contribution in [-0.2, 0) is 16.1 Å². The third kappa shape index (κ3) is 4.08. The first-order valence-corrected chi connectivity index (χ1v) is 7.30.